The smallest absolute Gasteiger partial charge is 0.158 e. The van der Waals surface area contributed by atoms with E-state index in [1.165, 1.54) is 0 Å². The predicted octanol–water partition coefficient (Wildman–Crippen LogP) is 0.474. The molecule has 0 saturated carbocycles. The molecule has 1 aromatic heterocycles. The van der Waals surface area contributed by atoms with Crippen molar-refractivity contribution in [3.63, 3.8) is 0 Å². The number of hydrogen-bond donors (Lipinski definition) is 3. The maximum Gasteiger partial charge on any atom is 0.158 e. The van der Waals surface area contributed by atoms with Gasteiger partial charge in [-0.25, -0.2) is 9.97 Å². The van der Waals surface area contributed by atoms with Crippen LogP contribution in [-0.2, 0) is 16.1 Å². The van der Waals surface area contributed by atoms with Gasteiger partial charge >= 0.3 is 0 Å². The van der Waals surface area contributed by atoms with Crippen LogP contribution in [0.5, 0.6) is 0 Å². The van der Waals surface area contributed by atoms with Gasteiger partial charge in [-0.1, -0.05) is 0 Å². The Morgan fingerprint density at radius 3 is 2.68 bits per heavy atom. The van der Waals surface area contributed by atoms with E-state index in [-0.39, 0.29) is 12.6 Å². The van der Waals surface area contributed by atoms with E-state index in [0.29, 0.717) is 37.3 Å². The van der Waals surface area contributed by atoms with Crippen molar-refractivity contribution in [2.75, 3.05) is 44.6 Å². The quantitative estimate of drug-likeness (QED) is 0.601. The van der Waals surface area contributed by atoms with Gasteiger partial charge < -0.3 is 25.2 Å². The van der Waals surface area contributed by atoms with Crippen LogP contribution in [0.1, 0.15) is 12.7 Å². The first kappa shape index (κ1) is 15.6. The number of hydrogen-bond acceptors (Lipinski definition) is 7. The molecule has 0 aliphatic rings. The number of nitrogens with one attached hydrogen (secondary N) is 2. The third-order valence-corrected chi connectivity index (χ3v) is 2.40. The van der Waals surface area contributed by atoms with Crippen LogP contribution in [0.3, 0.4) is 0 Å². The first-order valence-corrected chi connectivity index (χ1v) is 6.23. The topological polar surface area (TPSA) is 88.5 Å². The lowest BCUT2D eigenvalue weighted by Gasteiger charge is -2.17. The average Bonchev–Trinajstić information content (AvgIpc) is 2.44. The molecule has 108 valence electrons. The minimum absolute atomic E-state index is 0.0342. The van der Waals surface area contributed by atoms with Crippen LogP contribution in [0, 0.1) is 0 Å². The minimum atomic E-state index is -0.204. The number of aliphatic hydroxyl groups excluding tert-OH is 1. The molecule has 0 aliphatic carbocycles. The van der Waals surface area contributed by atoms with Gasteiger partial charge in [0.25, 0.3) is 0 Å². The van der Waals surface area contributed by atoms with Gasteiger partial charge in [0.1, 0.15) is 18.2 Å². The van der Waals surface area contributed by atoms with Crippen LogP contribution < -0.4 is 10.6 Å². The van der Waals surface area contributed by atoms with Crippen LogP contribution in [0.25, 0.3) is 0 Å². The molecule has 0 radical (unpaired) electrons. The zero-order chi connectivity index (χ0) is 14.1. The molecule has 0 aromatic carbocycles. The van der Waals surface area contributed by atoms with Crippen LogP contribution in [-0.4, -0.2) is 55.1 Å². The van der Waals surface area contributed by atoms with E-state index in [1.54, 1.807) is 20.2 Å². The standard InChI is InChI=1S/C12H22N4O3/c1-4-19-8-12-15-10(13-2)5-11(16-12)14-9(6-17)7-18-3/h5,9,17H,4,6-8H2,1-3H3,(H2,13,14,15,16). The van der Waals surface area contributed by atoms with Crippen molar-refractivity contribution in [1.82, 2.24) is 9.97 Å². The molecule has 0 bridgehead atoms. The number of ether oxygens (including phenoxy) is 2. The summed E-state index contributed by atoms with van der Waals surface area (Å²) in [6.07, 6.45) is 0. The second-order valence-electron chi connectivity index (χ2n) is 3.92. The van der Waals surface area contributed by atoms with E-state index in [0.717, 1.165) is 0 Å². The average molecular weight is 270 g/mol. The molecule has 3 N–H and O–H groups in total. The zero-order valence-electron chi connectivity index (χ0n) is 11.6. The molecule has 1 atom stereocenters. The summed E-state index contributed by atoms with van der Waals surface area (Å²) in [7, 11) is 3.37. The Morgan fingerprint density at radius 1 is 1.37 bits per heavy atom. The van der Waals surface area contributed by atoms with Gasteiger partial charge in [0, 0.05) is 26.8 Å². The predicted molar refractivity (Wildman–Crippen MR) is 73.3 cm³/mol. The largest absolute Gasteiger partial charge is 0.394 e. The van der Waals surface area contributed by atoms with Crippen molar-refractivity contribution < 1.29 is 14.6 Å². The molecular formula is C12H22N4O3. The maximum absolute atomic E-state index is 9.23. The van der Waals surface area contributed by atoms with Crippen molar-refractivity contribution in [2.24, 2.45) is 0 Å². The van der Waals surface area contributed by atoms with E-state index in [9.17, 15) is 5.11 Å². The molecular weight excluding hydrogens is 248 g/mol. The number of anilines is 2. The summed E-state index contributed by atoms with van der Waals surface area (Å²) < 4.78 is 10.3. The van der Waals surface area contributed by atoms with Gasteiger partial charge in [0.05, 0.1) is 19.3 Å². The van der Waals surface area contributed by atoms with Crippen LogP contribution in [0.2, 0.25) is 0 Å². The first-order chi connectivity index (χ1) is 9.23. The molecule has 7 heteroatoms. The van der Waals surface area contributed by atoms with Gasteiger partial charge in [0.2, 0.25) is 0 Å². The van der Waals surface area contributed by atoms with E-state index in [2.05, 4.69) is 20.6 Å². The van der Waals surface area contributed by atoms with Crippen LogP contribution in [0.4, 0.5) is 11.6 Å². The Kier molecular flexibility index (Phi) is 7.09. The lowest BCUT2D eigenvalue weighted by molar-refractivity contribution is 0.128. The Labute approximate surface area is 113 Å². The normalized spacial score (nSPS) is 12.2. The fourth-order valence-electron chi connectivity index (χ4n) is 1.51. The second kappa shape index (κ2) is 8.63. The summed E-state index contributed by atoms with van der Waals surface area (Å²) in [4.78, 5) is 8.62. The molecule has 19 heavy (non-hydrogen) atoms. The van der Waals surface area contributed by atoms with Gasteiger partial charge in [-0.2, -0.15) is 0 Å². The third kappa shape index (κ3) is 5.37. The summed E-state index contributed by atoms with van der Waals surface area (Å²) in [6, 6.07) is 1.57. The molecule has 0 fully saturated rings. The highest BCUT2D eigenvalue weighted by atomic mass is 16.5. The number of nitrogens with zero attached hydrogens (tertiary/aromatic N) is 2. The Bertz CT molecular complexity index is 376. The molecule has 1 heterocycles. The Hall–Kier alpha value is -1.44. The van der Waals surface area contributed by atoms with Crippen molar-refractivity contribution in [2.45, 2.75) is 19.6 Å². The highest BCUT2D eigenvalue weighted by molar-refractivity contribution is 5.47. The zero-order valence-corrected chi connectivity index (χ0v) is 11.6. The van der Waals surface area contributed by atoms with Gasteiger partial charge in [-0.05, 0) is 6.92 Å². The van der Waals surface area contributed by atoms with E-state index in [4.69, 9.17) is 9.47 Å². The molecule has 0 amide bonds. The second-order valence-corrected chi connectivity index (χ2v) is 3.92. The van der Waals surface area contributed by atoms with E-state index < -0.39 is 0 Å². The highest BCUT2D eigenvalue weighted by Gasteiger charge is 2.10. The SMILES string of the molecule is CCOCc1nc(NC)cc(NC(CO)COC)n1. The van der Waals surface area contributed by atoms with E-state index >= 15 is 0 Å². The summed E-state index contributed by atoms with van der Waals surface area (Å²) in [5.74, 6) is 1.91. The third-order valence-electron chi connectivity index (χ3n) is 2.40. The molecule has 0 aliphatic heterocycles. The number of rotatable bonds is 9. The van der Waals surface area contributed by atoms with Crippen molar-refractivity contribution >= 4 is 11.6 Å². The Morgan fingerprint density at radius 2 is 2.11 bits per heavy atom. The summed E-state index contributed by atoms with van der Waals surface area (Å²) >= 11 is 0. The van der Waals surface area contributed by atoms with Crippen molar-refractivity contribution in [3.05, 3.63) is 11.9 Å². The molecule has 0 saturated heterocycles. The van der Waals surface area contributed by atoms with E-state index in [1.807, 2.05) is 6.92 Å². The molecule has 1 rings (SSSR count). The fraction of sp³-hybridized carbons (Fsp3) is 0.667. The Balaban J connectivity index is 2.80. The van der Waals surface area contributed by atoms with Gasteiger partial charge in [-0.15, -0.1) is 0 Å². The van der Waals surface area contributed by atoms with Crippen molar-refractivity contribution in [3.8, 4) is 0 Å². The van der Waals surface area contributed by atoms with Gasteiger partial charge in [-0.3, -0.25) is 0 Å². The monoisotopic (exact) mass is 270 g/mol. The van der Waals surface area contributed by atoms with Crippen LogP contribution in [0.15, 0.2) is 6.07 Å². The lowest BCUT2D eigenvalue weighted by atomic mass is 10.3. The van der Waals surface area contributed by atoms with Crippen molar-refractivity contribution in [1.29, 1.82) is 0 Å². The summed E-state index contributed by atoms with van der Waals surface area (Å²) in [5, 5.41) is 15.3. The lowest BCUT2D eigenvalue weighted by Crippen LogP contribution is -2.29. The molecule has 0 spiro atoms. The summed E-state index contributed by atoms with van der Waals surface area (Å²) in [6.45, 7) is 3.25. The highest BCUT2D eigenvalue weighted by Crippen LogP contribution is 2.12. The maximum atomic E-state index is 9.23. The first-order valence-electron chi connectivity index (χ1n) is 6.23. The number of methoxy groups -OCH3 is 1. The molecule has 7 nitrogen and oxygen atoms in total. The number of aromatic nitrogens is 2. The molecule has 1 unspecified atom stereocenters. The molecule has 1 aromatic rings. The summed E-state index contributed by atoms with van der Waals surface area (Å²) in [5.41, 5.74) is 0. The minimum Gasteiger partial charge on any atom is -0.394 e. The fourth-order valence-corrected chi connectivity index (χ4v) is 1.51. The number of aliphatic hydroxyl groups is 1. The van der Waals surface area contributed by atoms with Crippen LogP contribution >= 0.6 is 0 Å². The van der Waals surface area contributed by atoms with Gasteiger partial charge in [0.15, 0.2) is 5.82 Å².